The van der Waals surface area contributed by atoms with Crippen LogP contribution in [-0.4, -0.2) is 84.0 Å². The first-order chi connectivity index (χ1) is 46.0. The van der Waals surface area contributed by atoms with Crippen LogP contribution in [-0.2, 0) is 9.47 Å². The quantitative estimate of drug-likeness (QED) is 0.0381. The Labute approximate surface area is 570 Å². The molecule has 2 aliphatic heterocycles. The van der Waals surface area contributed by atoms with Gasteiger partial charge in [0.15, 0.2) is 0 Å². The maximum absolute atomic E-state index is 14.5. The predicted molar refractivity (Wildman–Crippen MR) is 381 cm³/mol. The first-order valence-corrected chi connectivity index (χ1v) is 38.2. The zero-order valence-corrected chi connectivity index (χ0v) is 59.4. The van der Waals surface area contributed by atoms with E-state index in [1.165, 1.54) is 111 Å². The third-order valence-electron chi connectivity index (χ3n) is 29.1. The maximum atomic E-state index is 14.5. The average Bonchev–Trinajstić information content (AvgIpc) is 0.746. The Kier molecular flexibility index (Phi) is 17.0. The molecule has 2 N–H and O–H groups in total. The van der Waals surface area contributed by atoms with Crippen LogP contribution in [0, 0.1) is 92.7 Å². The number of hydrogen-bond donors (Lipinski definition) is 2. The summed E-state index contributed by atoms with van der Waals surface area (Å²) in [4.78, 5) is 87.4. The third kappa shape index (κ3) is 10.6. The molecular weight excluding hydrogens is 1190 g/mol. The van der Waals surface area contributed by atoms with Crippen LogP contribution in [0.4, 0.5) is 9.59 Å². The maximum Gasteiger partial charge on any atom is 0.407 e. The summed E-state index contributed by atoms with van der Waals surface area (Å²) in [6, 6.07) is 14.7. The summed E-state index contributed by atoms with van der Waals surface area (Å²) < 4.78 is 12.3. The summed E-state index contributed by atoms with van der Waals surface area (Å²) in [6.45, 7) is 24.9. The number of carbonyl (C=O) groups is 6. The molecule has 6 fully saturated rings. The fourth-order valence-corrected chi connectivity index (χ4v) is 24.2. The number of nitrogens with zero attached hydrogens (tertiary/aromatic N) is 2. The molecule has 8 aliphatic carbocycles. The van der Waals surface area contributed by atoms with Gasteiger partial charge in [0.1, 0.15) is 12.2 Å². The van der Waals surface area contributed by atoms with Crippen molar-refractivity contribution in [3.05, 3.63) is 94.1 Å². The molecule has 0 radical (unpaired) electrons. The summed E-state index contributed by atoms with van der Waals surface area (Å²) in [7, 11) is 0. The number of alkyl carbamates (subject to hydrolysis) is 2. The average molecular weight is 1300 g/mol. The summed E-state index contributed by atoms with van der Waals surface area (Å²) >= 11 is 0. The van der Waals surface area contributed by atoms with Crippen LogP contribution in [0.3, 0.4) is 0 Å². The molecule has 2 unspecified atom stereocenters. The van der Waals surface area contributed by atoms with Crippen molar-refractivity contribution >= 4 is 78.9 Å². The molecule has 12 heteroatoms. The lowest BCUT2D eigenvalue weighted by Crippen LogP contribution is -2.51. The number of carbonyl (C=O) groups excluding carboxylic acids is 6. The molecule has 6 amide bonds. The molecule has 0 spiro atoms. The standard InChI is InChI=1S/C84H108N4O8/c1-47(2)13-11-15-49(5)65-29-31-67-59-19-17-51-45-53(33-37-81(51,7)69(59)35-39-83(65,67)9)95-79(93)85-41-43-87-75(89)61-25-21-55-57-23-27-63-74-64(28-24-58(72(57)74)56-22-26-62(76(87)90)73(61)71(55)56)78(92)88(77(63)91)44-42-86-80(94)96-54-34-38-82(8)52(46-54)18-20-60-68-32-30-66(50(6)16-12-14-48(3)4)84(68,10)40-36-70(60)82/h17-18,21-28,47-50,53-54,59-60,65-70H,11-16,19-20,29-46H2,1-10H3,(H,85,93)(H,86,94)/t49-,50-,53?,54?,59+,60+,65-,66-,67+,68+,69+,70+,81+,82+,83-,84-/m1/s1. The van der Waals surface area contributed by atoms with Gasteiger partial charge in [-0.3, -0.25) is 29.0 Å². The molecule has 0 aromatic heterocycles. The van der Waals surface area contributed by atoms with E-state index in [1.54, 1.807) is 24.3 Å². The fourth-order valence-electron chi connectivity index (χ4n) is 24.2. The molecule has 16 atom stereocenters. The minimum absolute atomic E-state index is 0.0169. The van der Waals surface area contributed by atoms with Gasteiger partial charge in [0.25, 0.3) is 23.6 Å². The number of imide groups is 2. The Balaban J connectivity index is 0.557. The van der Waals surface area contributed by atoms with E-state index >= 15 is 0 Å². The van der Waals surface area contributed by atoms with Gasteiger partial charge in [0.05, 0.1) is 0 Å². The summed E-state index contributed by atoms with van der Waals surface area (Å²) in [5.41, 5.74) is 5.68. The van der Waals surface area contributed by atoms with E-state index in [9.17, 15) is 28.8 Å². The smallest absolute Gasteiger partial charge is 0.407 e. The van der Waals surface area contributed by atoms with Gasteiger partial charge in [-0.05, 0) is 239 Å². The Morgan fingerprint density at radius 3 is 1.18 bits per heavy atom. The summed E-state index contributed by atoms with van der Waals surface area (Å²) in [6.07, 6.45) is 29.9. The molecular formula is C84H108N4O8. The number of ether oxygens (including phenoxy) is 2. The molecule has 15 rings (SSSR count). The van der Waals surface area contributed by atoms with Crippen LogP contribution in [0.15, 0.2) is 71.8 Å². The predicted octanol–water partition coefficient (Wildman–Crippen LogP) is 19.2. The summed E-state index contributed by atoms with van der Waals surface area (Å²) in [5.74, 6) is 7.45. The van der Waals surface area contributed by atoms with E-state index in [4.69, 9.17) is 9.47 Å². The van der Waals surface area contributed by atoms with E-state index < -0.39 is 35.8 Å². The monoisotopic (exact) mass is 1300 g/mol. The van der Waals surface area contributed by atoms with Gasteiger partial charge in [-0.1, -0.05) is 155 Å². The van der Waals surface area contributed by atoms with Crippen molar-refractivity contribution in [3.63, 3.8) is 0 Å². The van der Waals surface area contributed by atoms with Gasteiger partial charge < -0.3 is 20.1 Å². The van der Waals surface area contributed by atoms with Crippen molar-refractivity contribution < 1.29 is 38.2 Å². The van der Waals surface area contributed by atoms with Crippen molar-refractivity contribution in [1.82, 2.24) is 20.4 Å². The normalized spacial score (nSPS) is 33.6. The second-order valence-electron chi connectivity index (χ2n) is 34.6. The van der Waals surface area contributed by atoms with Crippen LogP contribution >= 0.6 is 0 Å². The van der Waals surface area contributed by atoms with Crippen molar-refractivity contribution in [2.75, 3.05) is 26.2 Å². The Hall–Kier alpha value is -6.30. The van der Waals surface area contributed by atoms with Crippen molar-refractivity contribution in [2.45, 2.75) is 223 Å². The van der Waals surface area contributed by atoms with E-state index in [2.05, 4.69) is 92.0 Å². The number of amides is 6. The van der Waals surface area contributed by atoms with Crippen LogP contribution in [0.1, 0.15) is 252 Å². The molecule has 0 saturated heterocycles. The zero-order valence-electron chi connectivity index (χ0n) is 59.4. The van der Waals surface area contributed by atoms with Crippen molar-refractivity contribution in [2.24, 2.45) is 92.7 Å². The fraction of sp³-hybridized carbons (Fsp3) is 0.643. The zero-order chi connectivity index (χ0) is 67.1. The number of hydrogen-bond acceptors (Lipinski definition) is 8. The lowest BCUT2D eigenvalue weighted by Gasteiger charge is -2.58. The molecule has 2 heterocycles. The van der Waals surface area contributed by atoms with E-state index in [0.717, 1.165) is 143 Å². The highest BCUT2D eigenvalue weighted by Crippen LogP contribution is 2.69. The van der Waals surface area contributed by atoms with Crippen LogP contribution in [0.5, 0.6) is 0 Å². The highest BCUT2D eigenvalue weighted by atomic mass is 16.6. The van der Waals surface area contributed by atoms with Gasteiger partial charge in [0, 0.05) is 72.0 Å². The number of benzene rings is 5. The Morgan fingerprint density at radius 1 is 0.458 bits per heavy atom. The molecule has 512 valence electrons. The first kappa shape index (κ1) is 65.6. The molecule has 96 heavy (non-hydrogen) atoms. The number of allylic oxidation sites excluding steroid dienone is 2. The Bertz CT molecular complexity index is 3650. The lowest BCUT2D eigenvalue weighted by molar-refractivity contribution is -0.0581. The minimum Gasteiger partial charge on any atom is -0.446 e. The van der Waals surface area contributed by atoms with Crippen LogP contribution in [0.25, 0.3) is 43.1 Å². The SMILES string of the molecule is CC(C)CCC[C@@H](C)[C@H]1CC[C@H]2[C@@H]3CC=C4CC(OC(=O)NCCN5C(=O)c6ccc7c8ccc9c%10c(ccc(c%11ccc(c6c7%11)C5=O)c%108)C(=O)N(CCNC(=O)OC5CC[C@@]6(C)C(=CC[C@H]7[C@@H]8CC[C@H]([C@H](C)CCCC(C)C)[C@@]8(C)CC[C@@H]76)C5)C9=O)CC[C@]4(C)[C@H]3CC[C@]12C. The lowest BCUT2D eigenvalue weighted by atomic mass is 9.47. The number of fused-ring (bicyclic) bond motifs is 12. The third-order valence-corrected chi connectivity index (χ3v) is 29.1. The van der Waals surface area contributed by atoms with E-state index in [0.29, 0.717) is 55.7 Å². The molecule has 10 aliphatic rings. The second-order valence-corrected chi connectivity index (χ2v) is 34.6. The molecule has 0 bridgehead atoms. The largest absolute Gasteiger partial charge is 0.446 e. The molecule has 6 saturated carbocycles. The second kappa shape index (κ2) is 24.8. The van der Waals surface area contributed by atoms with Gasteiger partial charge in [-0.25, -0.2) is 9.59 Å². The number of rotatable bonds is 18. The van der Waals surface area contributed by atoms with Crippen LogP contribution in [0.2, 0.25) is 0 Å². The Morgan fingerprint density at radius 2 is 0.823 bits per heavy atom. The first-order valence-electron chi connectivity index (χ1n) is 38.2. The minimum atomic E-state index is -0.525. The van der Waals surface area contributed by atoms with Gasteiger partial charge >= 0.3 is 12.2 Å². The van der Waals surface area contributed by atoms with Crippen molar-refractivity contribution in [1.29, 1.82) is 0 Å². The van der Waals surface area contributed by atoms with Gasteiger partial charge in [0.2, 0.25) is 0 Å². The van der Waals surface area contributed by atoms with E-state index in [-0.39, 0.29) is 49.2 Å². The topological polar surface area (TPSA) is 151 Å². The van der Waals surface area contributed by atoms with E-state index in [1.807, 2.05) is 24.3 Å². The van der Waals surface area contributed by atoms with Gasteiger partial charge in [-0.2, -0.15) is 0 Å². The molecule has 5 aromatic carbocycles. The van der Waals surface area contributed by atoms with Crippen molar-refractivity contribution in [3.8, 4) is 0 Å². The highest BCUT2D eigenvalue weighted by molar-refractivity contribution is 6.41. The summed E-state index contributed by atoms with van der Waals surface area (Å²) in [5, 5.41) is 11.7. The highest BCUT2D eigenvalue weighted by Gasteiger charge is 2.61. The van der Waals surface area contributed by atoms with Crippen LogP contribution < -0.4 is 10.6 Å². The molecule has 12 nitrogen and oxygen atoms in total. The number of nitrogens with one attached hydrogen (secondary N) is 2. The molecule has 5 aromatic rings. The van der Waals surface area contributed by atoms with Gasteiger partial charge in [-0.15, -0.1) is 0 Å².